The Labute approximate surface area is 85.2 Å². The van der Waals surface area contributed by atoms with Crippen LogP contribution in [0.4, 0.5) is 8.78 Å². The van der Waals surface area contributed by atoms with Crippen LogP contribution in [-0.2, 0) is 4.74 Å². The number of ketones is 1. The van der Waals surface area contributed by atoms with E-state index in [-0.39, 0.29) is 11.3 Å². The highest BCUT2D eigenvalue weighted by molar-refractivity contribution is 6.07. The van der Waals surface area contributed by atoms with Crippen LogP contribution >= 0.6 is 0 Å². The van der Waals surface area contributed by atoms with Crippen LogP contribution in [-0.4, -0.2) is 12.4 Å². The van der Waals surface area contributed by atoms with Gasteiger partial charge in [-0.1, -0.05) is 0 Å². The highest BCUT2D eigenvalue weighted by Crippen LogP contribution is 2.17. The smallest absolute Gasteiger partial charge is 0.227 e. The Morgan fingerprint density at radius 3 is 2.67 bits per heavy atom. The van der Waals surface area contributed by atoms with E-state index < -0.39 is 17.4 Å². The predicted octanol–water partition coefficient (Wildman–Crippen LogP) is 2.45. The van der Waals surface area contributed by atoms with Gasteiger partial charge in [0.05, 0.1) is 6.61 Å². The summed E-state index contributed by atoms with van der Waals surface area (Å²) in [5, 5.41) is 0. The first-order chi connectivity index (χ1) is 7.18. The van der Waals surface area contributed by atoms with Gasteiger partial charge in [-0.2, -0.15) is 0 Å². The minimum Gasteiger partial charge on any atom is -0.489 e. The first kappa shape index (κ1) is 9.83. The third-order valence-corrected chi connectivity index (χ3v) is 2.11. The van der Waals surface area contributed by atoms with Gasteiger partial charge in [0.1, 0.15) is 0 Å². The molecule has 0 fully saturated rings. The molecule has 1 aliphatic heterocycles. The van der Waals surface area contributed by atoms with Crippen molar-refractivity contribution in [1.82, 2.24) is 0 Å². The number of allylic oxidation sites excluding steroid dienone is 1. The SMILES string of the molecule is O=C(C1=CCCO1)c1ccc(F)c(F)c1. The molecule has 15 heavy (non-hydrogen) atoms. The molecule has 0 bridgehead atoms. The molecule has 2 nitrogen and oxygen atoms in total. The zero-order chi connectivity index (χ0) is 10.8. The van der Waals surface area contributed by atoms with Crippen LogP contribution in [0.5, 0.6) is 0 Å². The Kier molecular flexibility index (Phi) is 2.49. The average molecular weight is 210 g/mol. The number of rotatable bonds is 2. The summed E-state index contributed by atoms with van der Waals surface area (Å²) < 4.78 is 30.5. The van der Waals surface area contributed by atoms with E-state index in [9.17, 15) is 13.6 Å². The number of Topliss-reactive ketones (excluding diaryl/α,β-unsaturated/α-hetero) is 1. The van der Waals surface area contributed by atoms with Gasteiger partial charge in [-0.25, -0.2) is 8.78 Å². The first-order valence-electron chi connectivity index (χ1n) is 4.51. The van der Waals surface area contributed by atoms with Crippen LogP contribution in [0.2, 0.25) is 0 Å². The van der Waals surface area contributed by atoms with Crippen LogP contribution in [0.3, 0.4) is 0 Å². The molecule has 1 aromatic carbocycles. The van der Waals surface area contributed by atoms with Crippen molar-refractivity contribution < 1.29 is 18.3 Å². The average Bonchev–Trinajstić information content (AvgIpc) is 2.74. The maximum absolute atomic E-state index is 12.8. The summed E-state index contributed by atoms with van der Waals surface area (Å²) in [4.78, 5) is 11.6. The van der Waals surface area contributed by atoms with Crippen molar-refractivity contribution in [3.63, 3.8) is 0 Å². The fraction of sp³-hybridized carbons (Fsp3) is 0.182. The molecule has 1 aromatic rings. The van der Waals surface area contributed by atoms with Crippen molar-refractivity contribution in [1.29, 1.82) is 0 Å². The second-order valence-corrected chi connectivity index (χ2v) is 3.16. The Bertz CT molecular complexity index is 438. The fourth-order valence-corrected chi connectivity index (χ4v) is 1.36. The largest absolute Gasteiger partial charge is 0.489 e. The fourth-order valence-electron chi connectivity index (χ4n) is 1.36. The van der Waals surface area contributed by atoms with Crippen LogP contribution in [0.15, 0.2) is 30.0 Å². The molecule has 0 radical (unpaired) electrons. The monoisotopic (exact) mass is 210 g/mol. The maximum atomic E-state index is 12.8. The second kappa shape index (κ2) is 3.81. The van der Waals surface area contributed by atoms with E-state index in [1.165, 1.54) is 6.07 Å². The molecule has 0 saturated heterocycles. The summed E-state index contributed by atoms with van der Waals surface area (Å²) in [5.41, 5.74) is 0.0991. The van der Waals surface area contributed by atoms with Gasteiger partial charge in [-0.05, 0) is 24.3 Å². The summed E-state index contributed by atoms with van der Waals surface area (Å²) >= 11 is 0. The molecule has 0 amide bonds. The summed E-state index contributed by atoms with van der Waals surface area (Å²) in [6.45, 7) is 0.463. The summed E-state index contributed by atoms with van der Waals surface area (Å²) in [6, 6.07) is 3.04. The molecule has 78 valence electrons. The van der Waals surface area contributed by atoms with Crippen LogP contribution < -0.4 is 0 Å². The number of hydrogen-bond acceptors (Lipinski definition) is 2. The lowest BCUT2D eigenvalue weighted by atomic mass is 10.1. The Balaban J connectivity index is 2.29. The number of ether oxygens (including phenoxy) is 1. The molecule has 0 aromatic heterocycles. The van der Waals surface area contributed by atoms with Gasteiger partial charge >= 0.3 is 0 Å². The molecule has 0 N–H and O–H groups in total. The normalized spacial score (nSPS) is 14.7. The predicted molar refractivity (Wildman–Crippen MR) is 49.3 cm³/mol. The standard InChI is InChI=1S/C11H8F2O2/c12-8-4-3-7(6-9(8)13)11(14)10-2-1-5-15-10/h2-4,6H,1,5H2. The molecular weight excluding hydrogens is 202 g/mol. The van der Waals surface area contributed by atoms with Gasteiger partial charge in [0.25, 0.3) is 0 Å². The van der Waals surface area contributed by atoms with Crippen molar-refractivity contribution in [2.45, 2.75) is 6.42 Å². The van der Waals surface area contributed by atoms with E-state index in [4.69, 9.17) is 4.74 Å². The number of carbonyl (C=O) groups is 1. The molecule has 0 atom stereocenters. The van der Waals surface area contributed by atoms with Crippen molar-refractivity contribution in [3.05, 3.63) is 47.2 Å². The second-order valence-electron chi connectivity index (χ2n) is 3.16. The quantitative estimate of drug-likeness (QED) is 0.701. The van der Waals surface area contributed by atoms with Crippen molar-refractivity contribution >= 4 is 5.78 Å². The number of halogens is 2. The molecule has 4 heteroatoms. The third-order valence-electron chi connectivity index (χ3n) is 2.11. The molecule has 0 saturated carbocycles. The molecule has 2 rings (SSSR count). The molecule has 0 aliphatic carbocycles. The summed E-state index contributed by atoms with van der Waals surface area (Å²) in [5.74, 6) is -2.19. The van der Waals surface area contributed by atoms with Crippen molar-refractivity contribution in [2.75, 3.05) is 6.61 Å². The molecule has 0 unspecified atom stereocenters. The highest BCUT2D eigenvalue weighted by atomic mass is 19.2. The minimum absolute atomic E-state index is 0.0991. The molecule has 1 heterocycles. The topological polar surface area (TPSA) is 26.3 Å². The van der Waals surface area contributed by atoms with E-state index in [1.807, 2.05) is 0 Å². The van der Waals surface area contributed by atoms with Gasteiger partial charge in [-0.15, -0.1) is 0 Å². The zero-order valence-corrected chi connectivity index (χ0v) is 7.80. The van der Waals surface area contributed by atoms with Gasteiger partial charge in [0, 0.05) is 12.0 Å². The Morgan fingerprint density at radius 1 is 1.27 bits per heavy atom. The van der Waals surface area contributed by atoms with E-state index in [1.54, 1.807) is 6.08 Å². The lowest BCUT2D eigenvalue weighted by Gasteiger charge is -2.03. The van der Waals surface area contributed by atoms with E-state index in [2.05, 4.69) is 0 Å². The van der Waals surface area contributed by atoms with Gasteiger partial charge in [0.15, 0.2) is 17.4 Å². The van der Waals surface area contributed by atoms with Gasteiger partial charge in [0.2, 0.25) is 5.78 Å². The lowest BCUT2D eigenvalue weighted by Crippen LogP contribution is -2.04. The summed E-state index contributed by atoms with van der Waals surface area (Å²) in [6.07, 6.45) is 2.31. The number of hydrogen-bond donors (Lipinski definition) is 0. The highest BCUT2D eigenvalue weighted by Gasteiger charge is 2.18. The molecular formula is C11H8F2O2. The Morgan fingerprint density at radius 2 is 2.07 bits per heavy atom. The summed E-state index contributed by atoms with van der Waals surface area (Å²) in [7, 11) is 0. The van der Waals surface area contributed by atoms with Crippen molar-refractivity contribution in [2.24, 2.45) is 0 Å². The zero-order valence-electron chi connectivity index (χ0n) is 7.80. The Hall–Kier alpha value is -1.71. The first-order valence-corrected chi connectivity index (χ1v) is 4.51. The molecule has 1 aliphatic rings. The molecule has 0 spiro atoms. The number of benzene rings is 1. The number of carbonyl (C=O) groups excluding carboxylic acids is 1. The van der Waals surface area contributed by atoms with E-state index in [0.29, 0.717) is 13.0 Å². The van der Waals surface area contributed by atoms with Crippen LogP contribution in [0.25, 0.3) is 0 Å². The maximum Gasteiger partial charge on any atom is 0.227 e. The lowest BCUT2D eigenvalue weighted by molar-refractivity contribution is 0.0942. The van der Waals surface area contributed by atoms with E-state index in [0.717, 1.165) is 12.1 Å². The van der Waals surface area contributed by atoms with Gasteiger partial charge in [-0.3, -0.25) is 4.79 Å². The van der Waals surface area contributed by atoms with Crippen LogP contribution in [0, 0.1) is 11.6 Å². The van der Waals surface area contributed by atoms with E-state index >= 15 is 0 Å². The van der Waals surface area contributed by atoms with Crippen molar-refractivity contribution in [3.8, 4) is 0 Å². The minimum atomic E-state index is -1.03. The van der Waals surface area contributed by atoms with Gasteiger partial charge < -0.3 is 4.74 Å². The third kappa shape index (κ3) is 1.88. The van der Waals surface area contributed by atoms with Crippen LogP contribution in [0.1, 0.15) is 16.8 Å².